The largest absolute Gasteiger partial charge is 0.496 e. The fourth-order valence-electron chi connectivity index (χ4n) is 3.86. The highest BCUT2D eigenvalue weighted by Crippen LogP contribution is 2.42. The van der Waals surface area contributed by atoms with Gasteiger partial charge in [-0.25, -0.2) is 17.6 Å². The Bertz CT molecular complexity index is 1300. The van der Waals surface area contributed by atoms with Crippen LogP contribution in [0.5, 0.6) is 5.75 Å². The third-order valence-corrected chi connectivity index (χ3v) is 6.20. The summed E-state index contributed by atoms with van der Waals surface area (Å²) in [5.74, 6) is -0.697. The first-order valence-corrected chi connectivity index (χ1v) is 12.9. The maximum atomic E-state index is 16.0. The number of anilines is 2. The number of rotatable bonds is 6. The summed E-state index contributed by atoms with van der Waals surface area (Å²) in [4.78, 5) is 25.3. The van der Waals surface area contributed by atoms with E-state index in [0.29, 0.717) is 22.6 Å². The molecule has 0 atom stereocenters. The molecular formula is C25H30FN3O5S. The second-order valence-corrected chi connectivity index (χ2v) is 11.2. The lowest BCUT2D eigenvalue weighted by Crippen LogP contribution is -2.50. The number of urea groups is 1. The molecule has 0 aromatic heterocycles. The number of imide groups is 1. The molecular weight excluding hydrogens is 473 g/mol. The number of hydrogen-bond donors (Lipinski definition) is 2. The predicted octanol–water partition coefficient (Wildman–Crippen LogP) is 4.51. The van der Waals surface area contributed by atoms with Crippen molar-refractivity contribution in [2.75, 3.05) is 29.5 Å². The van der Waals surface area contributed by atoms with E-state index < -0.39 is 33.2 Å². The normalized spacial score (nSPS) is 15.2. The highest BCUT2D eigenvalue weighted by atomic mass is 32.2. The molecule has 1 aliphatic heterocycles. The molecule has 188 valence electrons. The number of carbonyl (C=O) groups is 2. The third kappa shape index (κ3) is 6.00. The van der Waals surface area contributed by atoms with Gasteiger partial charge in [-0.05, 0) is 47.8 Å². The van der Waals surface area contributed by atoms with Crippen LogP contribution < -0.4 is 19.7 Å². The van der Waals surface area contributed by atoms with Crippen LogP contribution in [0.3, 0.4) is 0 Å². The van der Waals surface area contributed by atoms with Crippen LogP contribution in [0.15, 0.2) is 30.3 Å². The van der Waals surface area contributed by atoms with Crippen LogP contribution >= 0.6 is 0 Å². The van der Waals surface area contributed by atoms with E-state index in [2.05, 4.69) is 10.0 Å². The van der Waals surface area contributed by atoms with E-state index in [0.717, 1.165) is 11.8 Å². The van der Waals surface area contributed by atoms with Crippen molar-refractivity contribution in [3.8, 4) is 5.75 Å². The molecule has 0 saturated carbocycles. The highest BCUT2D eigenvalue weighted by molar-refractivity contribution is 7.92. The van der Waals surface area contributed by atoms with Gasteiger partial charge in [-0.15, -0.1) is 0 Å². The Hall–Kier alpha value is -3.40. The maximum absolute atomic E-state index is 16.0. The minimum atomic E-state index is -3.40. The molecule has 1 fully saturated rings. The smallest absolute Gasteiger partial charge is 0.328 e. The molecule has 10 heteroatoms. The van der Waals surface area contributed by atoms with Gasteiger partial charge in [0.1, 0.15) is 5.75 Å². The fraction of sp³-hybridized carbons (Fsp3) is 0.360. The van der Waals surface area contributed by atoms with Crippen molar-refractivity contribution in [2.45, 2.75) is 39.5 Å². The Balaban J connectivity index is 2.15. The van der Waals surface area contributed by atoms with Gasteiger partial charge in [0.25, 0.3) is 0 Å². The second kappa shape index (κ2) is 9.69. The van der Waals surface area contributed by atoms with Crippen molar-refractivity contribution >= 4 is 45.0 Å². The fourth-order valence-corrected chi connectivity index (χ4v) is 4.42. The monoisotopic (exact) mass is 503 g/mol. The third-order valence-electron chi connectivity index (χ3n) is 5.59. The molecule has 0 aliphatic carbocycles. The van der Waals surface area contributed by atoms with Gasteiger partial charge in [0, 0.05) is 24.2 Å². The minimum Gasteiger partial charge on any atom is -0.496 e. The molecule has 1 saturated heterocycles. The Morgan fingerprint density at radius 2 is 1.83 bits per heavy atom. The summed E-state index contributed by atoms with van der Waals surface area (Å²) < 4.78 is 46.9. The number of allylic oxidation sites excluding steroid dienone is 1. The molecule has 0 spiro atoms. The van der Waals surface area contributed by atoms with E-state index in [9.17, 15) is 18.0 Å². The zero-order valence-corrected chi connectivity index (χ0v) is 21.5. The zero-order valence-electron chi connectivity index (χ0n) is 20.7. The SMILES string of the molecule is COc1c(C(C)(C)C)cc(N2CCC(=O)NC2=O)c(F)c1/C=C(\C)c1ccc(NS(C)(=O)=O)cc1. The lowest BCUT2D eigenvalue weighted by molar-refractivity contribution is -0.120. The Morgan fingerprint density at radius 1 is 1.20 bits per heavy atom. The standard InChI is InChI=1S/C25H30FN3O5S/c1-15(16-7-9-17(10-8-16)28-35(6,32)33)13-18-22(26)20(29-12-11-21(30)27-24(29)31)14-19(23(18)34-5)25(2,3)4/h7-10,13-14,28H,11-12H2,1-6H3,(H,27,30,31)/b15-13+. The molecule has 2 N–H and O–H groups in total. The highest BCUT2D eigenvalue weighted by Gasteiger charge is 2.32. The molecule has 3 rings (SSSR count). The molecule has 2 aromatic rings. The number of sulfonamides is 1. The van der Waals surface area contributed by atoms with Gasteiger partial charge in [-0.2, -0.15) is 0 Å². The van der Waals surface area contributed by atoms with Gasteiger partial charge in [-0.3, -0.25) is 19.7 Å². The number of methoxy groups -OCH3 is 1. The first-order valence-electron chi connectivity index (χ1n) is 11.0. The van der Waals surface area contributed by atoms with E-state index in [1.54, 1.807) is 43.3 Å². The number of hydrogen-bond acceptors (Lipinski definition) is 5. The van der Waals surface area contributed by atoms with Crippen LogP contribution in [0.4, 0.5) is 20.6 Å². The summed E-state index contributed by atoms with van der Waals surface area (Å²) in [6.45, 7) is 7.74. The second-order valence-electron chi connectivity index (χ2n) is 9.49. The van der Waals surface area contributed by atoms with E-state index in [-0.39, 0.29) is 24.2 Å². The summed E-state index contributed by atoms with van der Waals surface area (Å²) in [6.07, 6.45) is 2.78. The van der Waals surface area contributed by atoms with Gasteiger partial charge >= 0.3 is 6.03 Å². The summed E-state index contributed by atoms with van der Waals surface area (Å²) in [5.41, 5.74) is 2.36. The molecule has 0 radical (unpaired) electrons. The Morgan fingerprint density at radius 3 is 2.34 bits per heavy atom. The van der Waals surface area contributed by atoms with Crippen molar-refractivity contribution in [3.05, 3.63) is 52.8 Å². The summed E-state index contributed by atoms with van der Waals surface area (Å²) in [6, 6.07) is 7.61. The predicted molar refractivity (Wildman–Crippen MR) is 136 cm³/mol. The molecule has 1 aliphatic rings. The lowest BCUT2D eigenvalue weighted by Gasteiger charge is -2.31. The van der Waals surface area contributed by atoms with Gasteiger partial charge in [0.15, 0.2) is 5.82 Å². The van der Waals surface area contributed by atoms with Gasteiger partial charge in [0.2, 0.25) is 15.9 Å². The van der Waals surface area contributed by atoms with E-state index in [1.165, 1.54) is 12.0 Å². The average Bonchev–Trinajstić information content (AvgIpc) is 2.74. The van der Waals surface area contributed by atoms with Crippen LogP contribution in [-0.2, 0) is 20.2 Å². The van der Waals surface area contributed by atoms with Crippen molar-refractivity contribution in [3.63, 3.8) is 0 Å². The van der Waals surface area contributed by atoms with Crippen molar-refractivity contribution in [1.82, 2.24) is 5.32 Å². The Labute approximate surface area is 205 Å². The van der Waals surface area contributed by atoms with Crippen LogP contribution in [-0.4, -0.2) is 40.3 Å². The molecule has 0 bridgehead atoms. The van der Waals surface area contributed by atoms with E-state index in [1.807, 2.05) is 20.8 Å². The van der Waals surface area contributed by atoms with Gasteiger partial charge in [0.05, 0.1) is 24.6 Å². The minimum absolute atomic E-state index is 0.0625. The van der Waals surface area contributed by atoms with Crippen LogP contribution in [0, 0.1) is 5.82 Å². The molecule has 2 aromatic carbocycles. The lowest BCUT2D eigenvalue weighted by atomic mass is 9.84. The van der Waals surface area contributed by atoms with Crippen molar-refractivity contribution < 1.29 is 27.1 Å². The summed E-state index contributed by atoms with van der Waals surface area (Å²) in [7, 11) is -1.94. The van der Waals surface area contributed by atoms with Crippen molar-refractivity contribution in [2.24, 2.45) is 0 Å². The average molecular weight is 504 g/mol. The number of amides is 3. The topological polar surface area (TPSA) is 105 Å². The molecule has 1 heterocycles. The molecule has 0 unspecified atom stereocenters. The molecule has 3 amide bonds. The van der Waals surface area contributed by atoms with Crippen LogP contribution in [0.1, 0.15) is 50.8 Å². The molecule has 8 nitrogen and oxygen atoms in total. The first-order chi connectivity index (χ1) is 16.2. The Kier molecular flexibility index (Phi) is 7.26. The zero-order chi connectivity index (χ0) is 26.1. The number of carbonyl (C=O) groups excluding carboxylic acids is 2. The maximum Gasteiger partial charge on any atom is 0.328 e. The number of ether oxygens (including phenoxy) is 1. The first kappa shape index (κ1) is 26.2. The number of nitrogens with zero attached hydrogens (tertiary/aromatic N) is 1. The number of nitrogens with one attached hydrogen (secondary N) is 2. The summed E-state index contributed by atoms with van der Waals surface area (Å²) in [5, 5.41) is 2.24. The van der Waals surface area contributed by atoms with Crippen LogP contribution in [0.2, 0.25) is 0 Å². The van der Waals surface area contributed by atoms with E-state index in [4.69, 9.17) is 4.74 Å². The molecule has 35 heavy (non-hydrogen) atoms. The van der Waals surface area contributed by atoms with Gasteiger partial charge < -0.3 is 4.74 Å². The summed E-state index contributed by atoms with van der Waals surface area (Å²) >= 11 is 0. The van der Waals surface area contributed by atoms with E-state index >= 15 is 4.39 Å². The van der Waals surface area contributed by atoms with Gasteiger partial charge in [-0.1, -0.05) is 32.9 Å². The van der Waals surface area contributed by atoms with Crippen LogP contribution in [0.25, 0.3) is 11.6 Å². The number of halogens is 1. The quantitative estimate of drug-likeness (QED) is 0.565. The van der Waals surface area contributed by atoms with Crippen molar-refractivity contribution in [1.29, 1.82) is 0 Å². The number of benzene rings is 2.